The van der Waals surface area contributed by atoms with Crippen LogP contribution in [0.3, 0.4) is 0 Å². The van der Waals surface area contributed by atoms with Gasteiger partial charge in [-0.3, -0.25) is 0 Å². The summed E-state index contributed by atoms with van der Waals surface area (Å²) in [5.74, 6) is 1.92. The predicted octanol–water partition coefficient (Wildman–Crippen LogP) is 5.71. The minimum atomic E-state index is 0.503. The second-order valence-electron chi connectivity index (χ2n) is 5.82. The maximum Gasteiger partial charge on any atom is 0.229 e. The number of hydrogen-bond donors (Lipinski definition) is 2. The molecule has 0 atom stereocenters. The highest BCUT2D eigenvalue weighted by Crippen LogP contribution is 2.29. The lowest BCUT2D eigenvalue weighted by atomic mass is 10.2. The minimum Gasteiger partial charge on any atom is -0.495 e. The topological polar surface area (TPSA) is 59.1 Å². The van der Waals surface area contributed by atoms with Gasteiger partial charge in [0.1, 0.15) is 11.6 Å². The molecular formula is C20H17ClN4OS. The molecule has 4 rings (SSSR count). The van der Waals surface area contributed by atoms with Gasteiger partial charge in [-0.25, -0.2) is 4.98 Å². The molecule has 0 unspecified atom stereocenters. The third-order valence-electron chi connectivity index (χ3n) is 4.02. The Bertz CT molecular complexity index is 1070. The van der Waals surface area contributed by atoms with Crippen molar-refractivity contribution in [2.75, 3.05) is 17.7 Å². The molecule has 0 fully saturated rings. The van der Waals surface area contributed by atoms with Crippen LogP contribution < -0.4 is 15.4 Å². The van der Waals surface area contributed by atoms with Crippen LogP contribution in [-0.2, 0) is 6.54 Å². The molecule has 0 aliphatic rings. The highest BCUT2D eigenvalue weighted by Gasteiger charge is 2.09. The fourth-order valence-corrected chi connectivity index (χ4v) is 3.63. The van der Waals surface area contributed by atoms with Crippen molar-refractivity contribution < 1.29 is 4.74 Å². The fraction of sp³-hybridized carbons (Fsp3) is 0.100. The molecule has 2 aromatic carbocycles. The van der Waals surface area contributed by atoms with Gasteiger partial charge in [-0.05, 0) is 41.8 Å². The lowest BCUT2D eigenvalue weighted by Crippen LogP contribution is -2.05. The van der Waals surface area contributed by atoms with Crippen LogP contribution in [0.4, 0.5) is 17.5 Å². The van der Waals surface area contributed by atoms with E-state index in [9.17, 15) is 0 Å². The molecular weight excluding hydrogens is 380 g/mol. The number of nitrogens with one attached hydrogen (secondary N) is 2. The van der Waals surface area contributed by atoms with Gasteiger partial charge in [0.05, 0.1) is 24.2 Å². The van der Waals surface area contributed by atoms with Gasteiger partial charge in [-0.15, -0.1) is 11.3 Å². The normalized spacial score (nSPS) is 10.7. The van der Waals surface area contributed by atoms with Gasteiger partial charge in [0, 0.05) is 16.0 Å². The van der Waals surface area contributed by atoms with Gasteiger partial charge >= 0.3 is 0 Å². The number of anilines is 3. The van der Waals surface area contributed by atoms with Crippen LogP contribution in [0, 0.1) is 0 Å². The Hall–Kier alpha value is -2.83. The average molecular weight is 397 g/mol. The first kappa shape index (κ1) is 17.6. The van der Waals surface area contributed by atoms with E-state index in [0.29, 0.717) is 23.3 Å². The highest BCUT2D eigenvalue weighted by molar-refractivity contribution is 7.09. The van der Waals surface area contributed by atoms with Crippen LogP contribution in [0.5, 0.6) is 5.75 Å². The number of thiophene rings is 1. The summed E-state index contributed by atoms with van der Waals surface area (Å²) < 4.78 is 5.19. The van der Waals surface area contributed by atoms with E-state index >= 15 is 0 Å². The number of rotatable bonds is 6. The van der Waals surface area contributed by atoms with E-state index in [1.807, 2.05) is 42.5 Å². The van der Waals surface area contributed by atoms with Crippen LogP contribution in [0.15, 0.2) is 60.0 Å². The molecule has 27 heavy (non-hydrogen) atoms. The monoisotopic (exact) mass is 396 g/mol. The van der Waals surface area contributed by atoms with E-state index in [-0.39, 0.29) is 0 Å². The summed E-state index contributed by atoms with van der Waals surface area (Å²) in [5, 5.41) is 10.2. The molecule has 0 bridgehead atoms. The SMILES string of the molecule is COc1ccc(Nc2nc(NCc3cccs3)c3ccccc3n2)cc1Cl. The zero-order valence-electron chi connectivity index (χ0n) is 14.6. The van der Waals surface area contributed by atoms with Crippen molar-refractivity contribution >= 4 is 51.3 Å². The number of benzene rings is 2. The summed E-state index contributed by atoms with van der Waals surface area (Å²) in [6, 6.07) is 17.5. The van der Waals surface area contributed by atoms with E-state index in [1.54, 1.807) is 24.5 Å². The minimum absolute atomic E-state index is 0.503. The summed E-state index contributed by atoms with van der Waals surface area (Å²) in [6.07, 6.45) is 0. The average Bonchev–Trinajstić information content (AvgIpc) is 3.20. The number of nitrogens with zero attached hydrogens (tertiary/aromatic N) is 2. The lowest BCUT2D eigenvalue weighted by Gasteiger charge is -2.12. The summed E-state index contributed by atoms with van der Waals surface area (Å²) in [6.45, 7) is 0.715. The highest BCUT2D eigenvalue weighted by atomic mass is 35.5. The van der Waals surface area contributed by atoms with Crippen molar-refractivity contribution in [1.82, 2.24) is 9.97 Å². The Morgan fingerprint density at radius 1 is 1.07 bits per heavy atom. The maximum atomic E-state index is 6.21. The molecule has 0 aliphatic heterocycles. The van der Waals surface area contributed by atoms with Gasteiger partial charge in [0.2, 0.25) is 5.95 Å². The Labute approximate surface area is 166 Å². The summed E-state index contributed by atoms with van der Waals surface area (Å²) in [5.41, 5.74) is 1.66. The molecule has 0 aliphatic carbocycles. The quantitative estimate of drug-likeness (QED) is 0.437. The third kappa shape index (κ3) is 3.97. The predicted molar refractivity (Wildman–Crippen MR) is 112 cm³/mol. The zero-order valence-corrected chi connectivity index (χ0v) is 16.1. The van der Waals surface area contributed by atoms with Crippen LogP contribution in [0.25, 0.3) is 10.9 Å². The third-order valence-corrected chi connectivity index (χ3v) is 5.19. The molecule has 0 radical (unpaired) electrons. The standard InChI is InChI=1S/C20H17ClN4OS/c1-26-18-9-8-13(11-16(18)21)23-20-24-17-7-3-2-6-15(17)19(25-20)22-12-14-5-4-10-27-14/h2-11H,12H2,1H3,(H2,22,23,24,25). The fourth-order valence-electron chi connectivity index (χ4n) is 2.72. The summed E-state index contributed by atoms with van der Waals surface area (Å²) in [4.78, 5) is 10.5. The van der Waals surface area contributed by atoms with Crippen LogP contribution in [0.2, 0.25) is 5.02 Å². The van der Waals surface area contributed by atoms with Crippen LogP contribution in [0.1, 0.15) is 4.88 Å². The van der Waals surface area contributed by atoms with Crippen LogP contribution in [-0.4, -0.2) is 17.1 Å². The van der Waals surface area contributed by atoms with Gasteiger partial charge < -0.3 is 15.4 Å². The van der Waals surface area contributed by atoms with E-state index in [0.717, 1.165) is 22.4 Å². The molecule has 4 aromatic rings. The van der Waals surface area contributed by atoms with Gasteiger partial charge in [0.15, 0.2) is 0 Å². The van der Waals surface area contributed by atoms with E-state index in [1.165, 1.54) is 4.88 Å². The van der Waals surface area contributed by atoms with Gasteiger partial charge in [0.25, 0.3) is 0 Å². The largest absolute Gasteiger partial charge is 0.495 e. The molecule has 2 heterocycles. The maximum absolute atomic E-state index is 6.21. The van der Waals surface area contributed by atoms with E-state index in [4.69, 9.17) is 16.3 Å². The van der Waals surface area contributed by atoms with Crippen molar-refractivity contribution in [1.29, 1.82) is 0 Å². The lowest BCUT2D eigenvalue weighted by molar-refractivity contribution is 0.415. The number of fused-ring (bicyclic) bond motifs is 1. The van der Waals surface area contributed by atoms with Crippen molar-refractivity contribution in [2.24, 2.45) is 0 Å². The molecule has 5 nitrogen and oxygen atoms in total. The number of hydrogen-bond acceptors (Lipinski definition) is 6. The van der Waals surface area contributed by atoms with Crippen molar-refractivity contribution in [3.8, 4) is 5.75 Å². The Balaban J connectivity index is 1.65. The Morgan fingerprint density at radius 3 is 2.74 bits per heavy atom. The molecule has 7 heteroatoms. The smallest absolute Gasteiger partial charge is 0.229 e. The first-order chi connectivity index (χ1) is 13.2. The summed E-state index contributed by atoms with van der Waals surface area (Å²) >= 11 is 7.92. The number of halogens is 1. The van der Waals surface area contributed by atoms with Crippen molar-refractivity contribution in [3.05, 3.63) is 69.9 Å². The van der Waals surface area contributed by atoms with Crippen molar-refractivity contribution in [3.63, 3.8) is 0 Å². The molecule has 0 saturated carbocycles. The molecule has 0 saturated heterocycles. The summed E-state index contributed by atoms with van der Waals surface area (Å²) in [7, 11) is 1.59. The first-order valence-corrected chi connectivity index (χ1v) is 9.62. The molecule has 136 valence electrons. The molecule has 2 N–H and O–H groups in total. The van der Waals surface area contributed by atoms with Gasteiger partial charge in [-0.1, -0.05) is 29.8 Å². The second-order valence-corrected chi connectivity index (χ2v) is 7.26. The Kier molecular flexibility index (Phi) is 5.09. The Morgan fingerprint density at radius 2 is 1.96 bits per heavy atom. The first-order valence-electron chi connectivity index (χ1n) is 8.36. The number of methoxy groups -OCH3 is 1. The number of aromatic nitrogens is 2. The van der Waals surface area contributed by atoms with Crippen LogP contribution >= 0.6 is 22.9 Å². The molecule has 2 aromatic heterocycles. The number of para-hydroxylation sites is 1. The zero-order chi connectivity index (χ0) is 18.6. The molecule has 0 spiro atoms. The number of ether oxygens (including phenoxy) is 1. The van der Waals surface area contributed by atoms with E-state index < -0.39 is 0 Å². The van der Waals surface area contributed by atoms with Gasteiger partial charge in [-0.2, -0.15) is 4.98 Å². The van der Waals surface area contributed by atoms with Crippen molar-refractivity contribution in [2.45, 2.75) is 6.54 Å². The molecule has 0 amide bonds. The second kappa shape index (κ2) is 7.82. The van der Waals surface area contributed by atoms with E-state index in [2.05, 4.69) is 32.0 Å².